The minimum atomic E-state index is -0.709. The molecule has 3 aromatic rings. The first-order valence-corrected chi connectivity index (χ1v) is 8.29. The molecule has 0 atom stereocenters. The fourth-order valence-electron chi connectivity index (χ4n) is 2.29. The van der Waals surface area contributed by atoms with E-state index in [0.717, 1.165) is 15.9 Å². The molecule has 6 nitrogen and oxygen atoms in total. The van der Waals surface area contributed by atoms with Gasteiger partial charge in [-0.1, -0.05) is 11.6 Å². The van der Waals surface area contributed by atoms with E-state index in [-0.39, 0.29) is 22.2 Å². The van der Waals surface area contributed by atoms with Gasteiger partial charge in [0.2, 0.25) is 0 Å². The van der Waals surface area contributed by atoms with Crippen molar-refractivity contribution >= 4 is 39.0 Å². The van der Waals surface area contributed by atoms with Gasteiger partial charge in [-0.3, -0.25) is 13.9 Å². The van der Waals surface area contributed by atoms with Crippen LogP contribution in [-0.4, -0.2) is 15.1 Å². The molecule has 130 valence electrons. The number of aromatic nitrogens is 2. The molecule has 0 aliphatic heterocycles. The predicted octanol–water partition coefficient (Wildman–Crippen LogP) is 2.45. The molecule has 0 bridgehead atoms. The molecule has 0 saturated heterocycles. The number of carbonyl (C=O) groups excluding carboxylic acids is 1. The zero-order valence-corrected chi connectivity index (χ0v) is 14.8. The largest absolute Gasteiger partial charge is 0.455 e. The molecule has 25 heavy (non-hydrogen) atoms. The molecule has 2 heterocycles. The summed E-state index contributed by atoms with van der Waals surface area (Å²) in [4.78, 5) is 36.0. The molecule has 2 aromatic heterocycles. The summed E-state index contributed by atoms with van der Waals surface area (Å²) in [5, 5.41) is 0.740. The van der Waals surface area contributed by atoms with E-state index in [1.54, 1.807) is 0 Å². The summed E-state index contributed by atoms with van der Waals surface area (Å²) in [6.45, 7) is -0.264. The average Bonchev–Trinajstić information content (AvgIpc) is 2.90. The Morgan fingerprint density at radius 2 is 1.96 bits per heavy atom. The van der Waals surface area contributed by atoms with Crippen molar-refractivity contribution in [3.63, 3.8) is 0 Å². The second-order valence-corrected chi connectivity index (χ2v) is 6.77. The molecular formula is C16H12ClFN2O4S. The maximum atomic E-state index is 13.3. The number of ether oxygens (including phenoxy) is 1. The Bertz CT molecular complexity index is 1120. The molecule has 3 rings (SSSR count). The highest BCUT2D eigenvalue weighted by Crippen LogP contribution is 2.36. The number of halogens is 2. The lowest BCUT2D eigenvalue weighted by Gasteiger charge is -2.09. The first kappa shape index (κ1) is 17.4. The van der Waals surface area contributed by atoms with E-state index < -0.39 is 23.0 Å². The van der Waals surface area contributed by atoms with Gasteiger partial charge in [0, 0.05) is 30.2 Å². The molecule has 9 heteroatoms. The lowest BCUT2D eigenvalue weighted by atomic mass is 10.2. The highest BCUT2D eigenvalue weighted by Gasteiger charge is 2.19. The summed E-state index contributed by atoms with van der Waals surface area (Å²) >= 11 is 7.18. The minimum Gasteiger partial charge on any atom is -0.455 e. The molecule has 0 saturated carbocycles. The van der Waals surface area contributed by atoms with Crippen molar-refractivity contribution < 1.29 is 13.9 Å². The summed E-state index contributed by atoms with van der Waals surface area (Å²) in [6, 6.07) is 5.25. The SMILES string of the molecule is Cn1c(COC(=O)c2sc3cc(F)ccc3c2Cl)cc(=O)n(C)c1=O. The maximum absolute atomic E-state index is 13.3. The molecule has 0 aliphatic carbocycles. The Hall–Kier alpha value is -2.45. The smallest absolute Gasteiger partial charge is 0.350 e. The second kappa shape index (κ2) is 6.45. The van der Waals surface area contributed by atoms with Gasteiger partial charge < -0.3 is 4.74 Å². The molecule has 1 aromatic carbocycles. The van der Waals surface area contributed by atoms with E-state index in [1.165, 1.54) is 42.9 Å². The van der Waals surface area contributed by atoms with Crippen LogP contribution < -0.4 is 11.2 Å². The Morgan fingerprint density at radius 3 is 2.68 bits per heavy atom. The molecule has 0 aliphatic rings. The Balaban J connectivity index is 1.88. The van der Waals surface area contributed by atoms with Crippen LogP contribution in [-0.2, 0) is 25.4 Å². The lowest BCUT2D eigenvalue weighted by Crippen LogP contribution is -2.38. The number of thiophene rings is 1. The topological polar surface area (TPSA) is 70.3 Å². The van der Waals surface area contributed by atoms with Gasteiger partial charge in [0.1, 0.15) is 17.3 Å². The number of esters is 1. The third-order valence-electron chi connectivity index (χ3n) is 3.75. The Labute approximate surface area is 149 Å². The molecular weight excluding hydrogens is 371 g/mol. The first-order chi connectivity index (χ1) is 11.8. The number of carbonyl (C=O) groups is 1. The number of nitrogens with zero attached hydrogens (tertiary/aromatic N) is 2. The minimum absolute atomic E-state index is 0.135. The van der Waals surface area contributed by atoms with Crippen LogP contribution in [0.4, 0.5) is 4.39 Å². The van der Waals surface area contributed by atoms with Crippen molar-refractivity contribution in [3.05, 3.63) is 66.5 Å². The number of rotatable bonds is 3. The van der Waals surface area contributed by atoms with Gasteiger partial charge in [-0.2, -0.15) is 0 Å². The summed E-state index contributed by atoms with van der Waals surface area (Å²) in [6.07, 6.45) is 0. The van der Waals surface area contributed by atoms with Crippen LogP contribution in [0.5, 0.6) is 0 Å². The summed E-state index contributed by atoms with van der Waals surface area (Å²) in [5.74, 6) is -1.14. The molecule has 0 amide bonds. The van der Waals surface area contributed by atoms with E-state index in [0.29, 0.717) is 10.1 Å². The van der Waals surface area contributed by atoms with E-state index in [4.69, 9.17) is 16.3 Å². The number of benzene rings is 1. The van der Waals surface area contributed by atoms with E-state index in [9.17, 15) is 18.8 Å². The molecule has 0 radical (unpaired) electrons. The van der Waals surface area contributed by atoms with Crippen LogP contribution in [0.2, 0.25) is 5.02 Å². The van der Waals surface area contributed by atoms with E-state index in [2.05, 4.69) is 0 Å². The zero-order chi connectivity index (χ0) is 18.3. The van der Waals surface area contributed by atoms with Crippen LogP contribution in [0.15, 0.2) is 33.9 Å². The standard InChI is InChI=1S/C16H12ClFN2O4S/c1-19-9(6-12(21)20(2)16(19)23)7-24-15(22)14-13(17)10-4-3-8(18)5-11(10)25-14/h3-6H,7H2,1-2H3. The third-order valence-corrected chi connectivity index (χ3v) is 5.39. The van der Waals surface area contributed by atoms with Crippen molar-refractivity contribution in [1.82, 2.24) is 9.13 Å². The van der Waals surface area contributed by atoms with Crippen LogP contribution >= 0.6 is 22.9 Å². The number of fused-ring (bicyclic) bond motifs is 1. The lowest BCUT2D eigenvalue weighted by molar-refractivity contribution is 0.0469. The maximum Gasteiger partial charge on any atom is 0.350 e. The van der Waals surface area contributed by atoms with Crippen molar-refractivity contribution in [2.45, 2.75) is 6.61 Å². The monoisotopic (exact) mass is 382 g/mol. The van der Waals surface area contributed by atoms with E-state index in [1.807, 2.05) is 0 Å². The predicted molar refractivity (Wildman–Crippen MR) is 92.8 cm³/mol. The fraction of sp³-hybridized carbons (Fsp3) is 0.188. The van der Waals surface area contributed by atoms with Gasteiger partial charge in [0.15, 0.2) is 0 Å². The van der Waals surface area contributed by atoms with Gasteiger partial charge in [-0.15, -0.1) is 11.3 Å². The summed E-state index contributed by atoms with van der Waals surface area (Å²) < 4.78 is 21.1. The number of hydrogen-bond acceptors (Lipinski definition) is 5. The van der Waals surface area contributed by atoms with Crippen LogP contribution in [0.25, 0.3) is 10.1 Å². The summed E-state index contributed by atoms with van der Waals surface area (Å²) in [5.41, 5.74) is -0.761. The first-order valence-electron chi connectivity index (χ1n) is 7.10. The number of hydrogen-bond donors (Lipinski definition) is 0. The van der Waals surface area contributed by atoms with Crippen molar-refractivity contribution in [2.24, 2.45) is 14.1 Å². The average molecular weight is 383 g/mol. The third kappa shape index (κ3) is 3.10. The van der Waals surface area contributed by atoms with Crippen LogP contribution in [0, 0.1) is 5.82 Å². The Kier molecular flexibility index (Phi) is 4.49. The molecule has 0 N–H and O–H groups in total. The van der Waals surface area contributed by atoms with Gasteiger partial charge in [0.05, 0.1) is 10.7 Å². The van der Waals surface area contributed by atoms with Crippen molar-refractivity contribution in [2.75, 3.05) is 0 Å². The molecule has 0 unspecified atom stereocenters. The highest BCUT2D eigenvalue weighted by molar-refractivity contribution is 7.21. The van der Waals surface area contributed by atoms with E-state index >= 15 is 0 Å². The quantitative estimate of drug-likeness (QED) is 0.652. The zero-order valence-electron chi connectivity index (χ0n) is 13.2. The molecule has 0 fully saturated rings. The van der Waals surface area contributed by atoms with Gasteiger partial charge in [0.25, 0.3) is 5.56 Å². The van der Waals surface area contributed by atoms with Crippen molar-refractivity contribution in [3.8, 4) is 0 Å². The molecule has 0 spiro atoms. The normalized spacial score (nSPS) is 11.0. The van der Waals surface area contributed by atoms with Crippen molar-refractivity contribution in [1.29, 1.82) is 0 Å². The Morgan fingerprint density at radius 1 is 1.24 bits per heavy atom. The van der Waals surface area contributed by atoms with Gasteiger partial charge in [-0.05, 0) is 18.2 Å². The summed E-state index contributed by atoms with van der Waals surface area (Å²) in [7, 11) is 2.83. The van der Waals surface area contributed by atoms with Crippen LogP contribution in [0.3, 0.4) is 0 Å². The fourth-order valence-corrected chi connectivity index (χ4v) is 3.72. The second-order valence-electron chi connectivity index (χ2n) is 5.34. The highest BCUT2D eigenvalue weighted by atomic mass is 35.5. The van der Waals surface area contributed by atoms with Crippen LogP contribution in [0.1, 0.15) is 15.4 Å². The van der Waals surface area contributed by atoms with Gasteiger partial charge in [-0.25, -0.2) is 14.0 Å². The van der Waals surface area contributed by atoms with Gasteiger partial charge >= 0.3 is 11.7 Å².